The third kappa shape index (κ3) is 3.64. The summed E-state index contributed by atoms with van der Waals surface area (Å²) in [4.78, 5) is 11.2. The summed E-state index contributed by atoms with van der Waals surface area (Å²) in [5, 5.41) is 9.05. The van der Waals surface area contributed by atoms with Crippen LogP contribution in [-0.4, -0.2) is 11.1 Å². The summed E-state index contributed by atoms with van der Waals surface area (Å²) in [7, 11) is 0. The topological polar surface area (TPSA) is 37.3 Å². The molecule has 0 aliphatic heterocycles. The second-order valence-corrected chi connectivity index (χ2v) is 4.64. The number of carbonyl (C=O) groups is 1. The predicted molar refractivity (Wildman–Crippen MR) is 68.8 cm³/mol. The largest absolute Gasteiger partial charge is 0.478 e. The molecule has 0 heterocycles. The molecule has 23 heavy (non-hydrogen) atoms. The number of halogens is 6. The Kier molecular flexibility index (Phi) is 4.10. The molecule has 0 saturated heterocycles. The molecule has 0 atom stereocenters. The molecule has 0 bridgehead atoms. The van der Waals surface area contributed by atoms with Crippen molar-refractivity contribution in [2.45, 2.75) is 12.4 Å². The third-order valence-corrected chi connectivity index (χ3v) is 3.10. The summed E-state index contributed by atoms with van der Waals surface area (Å²) in [6.07, 6.45) is -9.28. The lowest BCUT2D eigenvalue weighted by molar-refractivity contribution is -0.138. The van der Waals surface area contributed by atoms with Crippen molar-refractivity contribution in [2.24, 2.45) is 0 Å². The summed E-state index contributed by atoms with van der Waals surface area (Å²) in [5.41, 5.74) is -2.75. The molecule has 0 amide bonds. The minimum atomic E-state index is -4.72. The van der Waals surface area contributed by atoms with Gasteiger partial charge in [-0.05, 0) is 35.4 Å². The first-order valence-corrected chi connectivity index (χ1v) is 6.12. The molecule has 0 radical (unpaired) electrons. The number of hydrogen-bond acceptors (Lipinski definition) is 1. The van der Waals surface area contributed by atoms with Crippen molar-refractivity contribution >= 4 is 5.97 Å². The highest BCUT2D eigenvalue weighted by Gasteiger charge is 2.32. The van der Waals surface area contributed by atoms with E-state index in [1.54, 1.807) is 0 Å². The molecule has 2 aromatic carbocycles. The summed E-state index contributed by atoms with van der Waals surface area (Å²) < 4.78 is 75.4. The SMILES string of the molecule is O=C(O)c1cc(C(F)(F)F)ccc1-c1ccc(C(F)(F)F)cc1. The summed E-state index contributed by atoms with van der Waals surface area (Å²) in [6, 6.07) is 5.55. The van der Waals surface area contributed by atoms with E-state index in [-0.39, 0.29) is 11.1 Å². The first-order valence-electron chi connectivity index (χ1n) is 6.12. The Hall–Kier alpha value is -2.51. The maximum absolute atomic E-state index is 12.6. The Morgan fingerprint density at radius 2 is 1.26 bits per heavy atom. The molecule has 0 spiro atoms. The molecule has 8 heteroatoms. The van der Waals surface area contributed by atoms with Crippen molar-refractivity contribution in [3.8, 4) is 11.1 Å². The van der Waals surface area contributed by atoms with Crippen LogP contribution in [-0.2, 0) is 12.4 Å². The van der Waals surface area contributed by atoms with Crippen LogP contribution in [0.1, 0.15) is 21.5 Å². The third-order valence-electron chi connectivity index (χ3n) is 3.10. The van der Waals surface area contributed by atoms with E-state index < -0.39 is 35.0 Å². The molecule has 0 fully saturated rings. The number of carboxylic acid groups (broad SMARTS) is 1. The molecule has 1 N–H and O–H groups in total. The highest BCUT2D eigenvalue weighted by atomic mass is 19.4. The monoisotopic (exact) mass is 334 g/mol. The van der Waals surface area contributed by atoms with Gasteiger partial charge in [0.05, 0.1) is 16.7 Å². The van der Waals surface area contributed by atoms with Crippen molar-refractivity contribution < 1.29 is 36.2 Å². The lowest BCUT2D eigenvalue weighted by Gasteiger charge is -2.12. The van der Waals surface area contributed by atoms with Crippen molar-refractivity contribution in [1.82, 2.24) is 0 Å². The second-order valence-electron chi connectivity index (χ2n) is 4.64. The summed E-state index contributed by atoms with van der Waals surface area (Å²) >= 11 is 0. The van der Waals surface area contributed by atoms with Crippen LogP contribution in [0.2, 0.25) is 0 Å². The van der Waals surface area contributed by atoms with E-state index in [0.29, 0.717) is 12.1 Å². The van der Waals surface area contributed by atoms with Crippen LogP contribution in [0.5, 0.6) is 0 Å². The normalized spacial score (nSPS) is 12.3. The summed E-state index contributed by atoms with van der Waals surface area (Å²) in [5.74, 6) is -1.61. The standard InChI is InChI=1S/C15H8F6O2/c16-14(17,18)9-3-1-8(2-4-9)11-6-5-10(15(19,20)21)7-12(11)13(22)23/h1-7H,(H,22,23). The first-order chi connectivity index (χ1) is 10.5. The lowest BCUT2D eigenvalue weighted by atomic mass is 9.96. The van der Waals surface area contributed by atoms with Gasteiger partial charge in [-0.15, -0.1) is 0 Å². The zero-order valence-corrected chi connectivity index (χ0v) is 11.2. The van der Waals surface area contributed by atoms with Gasteiger partial charge in [-0.3, -0.25) is 0 Å². The van der Waals surface area contributed by atoms with E-state index >= 15 is 0 Å². The summed E-state index contributed by atoms with van der Waals surface area (Å²) in [6.45, 7) is 0. The predicted octanol–water partition coefficient (Wildman–Crippen LogP) is 5.09. The first kappa shape index (κ1) is 16.9. The fraction of sp³-hybridized carbons (Fsp3) is 0.133. The van der Waals surface area contributed by atoms with E-state index in [4.69, 9.17) is 5.11 Å². The molecular weight excluding hydrogens is 326 g/mol. The molecule has 122 valence electrons. The zero-order valence-electron chi connectivity index (χ0n) is 11.2. The van der Waals surface area contributed by atoms with Crippen molar-refractivity contribution in [1.29, 1.82) is 0 Å². The Bertz CT molecular complexity index is 729. The van der Waals surface area contributed by atoms with Gasteiger partial charge in [0.15, 0.2) is 0 Å². The highest BCUT2D eigenvalue weighted by Crippen LogP contribution is 2.35. The molecular formula is C15H8F6O2. The molecule has 0 aliphatic rings. The smallest absolute Gasteiger partial charge is 0.416 e. The zero-order chi connectivity index (χ0) is 17.4. The Morgan fingerprint density at radius 3 is 1.70 bits per heavy atom. The molecule has 2 aromatic rings. The van der Waals surface area contributed by atoms with Crippen LogP contribution in [0.4, 0.5) is 26.3 Å². The average molecular weight is 334 g/mol. The fourth-order valence-corrected chi connectivity index (χ4v) is 1.99. The van der Waals surface area contributed by atoms with Gasteiger partial charge in [-0.2, -0.15) is 26.3 Å². The minimum absolute atomic E-state index is 0.0733. The van der Waals surface area contributed by atoms with Crippen LogP contribution in [0, 0.1) is 0 Å². The van der Waals surface area contributed by atoms with Crippen LogP contribution in [0.3, 0.4) is 0 Å². The number of carboxylic acids is 1. The second kappa shape index (κ2) is 5.60. The maximum Gasteiger partial charge on any atom is 0.416 e. The lowest BCUT2D eigenvalue weighted by Crippen LogP contribution is -2.09. The average Bonchev–Trinajstić information content (AvgIpc) is 2.45. The fourth-order valence-electron chi connectivity index (χ4n) is 1.99. The molecule has 0 unspecified atom stereocenters. The van der Waals surface area contributed by atoms with Crippen LogP contribution < -0.4 is 0 Å². The number of aromatic carboxylic acids is 1. The van der Waals surface area contributed by atoms with Crippen molar-refractivity contribution in [3.05, 3.63) is 59.2 Å². The minimum Gasteiger partial charge on any atom is -0.478 e. The van der Waals surface area contributed by atoms with E-state index in [9.17, 15) is 31.1 Å². The quantitative estimate of drug-likeness (QED) is 0.777. The van der Waals surface area contributed by atoms with Gasteiger partial charge in [0.2, 0.25) is 0 Å². The number of alkyl halides is 6. The number of hydrogen-bond donors (Lipinski definition) is 1. The van der Waals surface area contributed by atoms with Crippen LogP contribution in [0.15, 0.2) is 42.5 Å². The Balaban J connectivity index is 2.53. The Morgan fingerprint density at radius 1 is 0.783 bits per heavy atom. The van der Waals surface area contributed by atoms with E-state index in [1.165, 1.54) is 0 Å². The molecule has 0 aromatic heterocycles. The number of rotatable bonds is 2. The van der Waals surface area contributed by atoms with E-state index in [2.05, 4.69) is 0 Å². The van der Waals surface area contributed by atoms with Gasteiger partial charge in [-0.25, -0.2) is 4.79 Å². The molecule has 2 rings (SSSR count). The van der Waals surface area contributed by atoms with E-state index in [1.807, 2.05) is 0 Å². The van der Waals surface area contributed by atoms with Gasteiger partial charge in [-0.1, -0.05) is 18.2 Å². The van der Waals surface area contributed by atoms with Gasteiger partial charge >= 0.3 is 18.3 Å². The molecule has 0 saturated carbocycles. The number of benzene rings is 2. The van der Waals surface area contributed by atoms with Crippen LogP contribution >= 0.6 is 0 Å². The van der Waals surface area contributed by atoms with Gasteiger partial charge < -0.3 is 5.11 Å². The van der Waals surface area contributed by atoms with Crippen molar-refractivity contribution in [3.63, 3.8) is 0 Å². The van der Waals surface area contributed by atoms with Gasteiger partial charge in [0, 0.05) is 0 Å². The highest BCUT2D eigenvalue weighted by molar-refractivity contribution is 5.96. The molecule has 0 aliphatic carbocycles. The van der Waals surface area contributed by atoms with Gasteiger partial charge in [0.1, 0.15) is 0 Å². The van der Waals surface area contributed by atoms with Crippen LogP contribution in [0.25, 0.3) is 11.1 Å². The van der Waals surface area contributed by atoms with Crippen molar-refractivity contribution in [2.75, 3.05) is 0 Å². The maximum atomic E-state index is 12.6. The molecule has 2 nitrogen and oxygen atoms in total. The van der Waals surface area contributed by atoms with Gasteiger partial charge in [0.25, 0.3) is 0 Å². The Labute approximate surface area is 126 Å². The van der Waals surface area contributed by atoms with E-state index in [0.717, 1.165) is 30.3 Å².